The monoisotopic (exact) mass is 291 g/mol. The highest BCUT2D eigenvalue weighted by Crippen LogP contribution is 2.12. The predicted molar refractivity (Wildman–Crippen MR) is 79.2 cm³/mol. The van der Waals surface area contributed by atoms with Gasteiger partial charge in [0.2, 0.25) is 5.91 Å². The SMILES string of the molecule is Cc1ccccc1CCC(=O)N1CCOC(C(N)=NO)C1. The van der Waals surface area contributed by atoms with Gasteiger partial charge in [-0.15, -0.1) is 0 Å². The Bertz CT molecular complexity index is 531. The van der Waals surface area contributed by atoms with Gasteiger partial charge >= 0.3 is 0 Å². The molecule has 6 nitrogen and oxygen atoms in total. The minimum atomic E-state index is -0.522. The molecule has 0 spiro atoms. The number of oxime groups is 1. The van der Waals surface area contributed by atoms with Gasteiger partial charge in [-0.1, -0.05) is 29.4 Å². The third-order valence-electron chi connectivity index (χ3n) is 3.73. The summed E-state index contributed by atoms with van der Waals surface area (Å²) in [7, 11) is 0. The molecule has 1 heterocycles. The summed E-state index contributed by atoms with van der Waals surface area (Å²) in [5.74, 6) is 0.0729. The molecule has 0 aliphatic carbocycles. The van der Waals surface area contributed by atoms with Crippen LogP contribution in [0.5, 0.6) is 0 Å². The number of nitrogens with zero attached hydrogens (tertiary/aromatic N) is 2. The minimum absolute atomic E-state index is 0.00593. The summed E-state index contributed by atoms with van der Waals surface area (Å²) in [5, 5.41) is 11.6. The zero-order chi connectivity index (χ0) is 15.2. The lowest BCUT2D eigenvalue weighted by Crippen LogP contribution is -2.50. The van der Waals surface area contributed by atoms with Crippen LogP contribution in [0.3, 0.4) is 0 Å². The number of aryl methyl sites for hydroxylation is 2. The Hall–Kier alpha value is -2.08. The van der Waals surface area contributed by atoms with Crippen molar-refractivity contribution in [3.05, 3.63) is 35.4 Å². The van der Waals surface area contributed by atoms with Crippen molar-refractivity contribution in [2.75, 3.05) is 19.7 Å². The van der Waals surface area contributed by atoms with E-state index >= 15 is 0 Å². The summed E-state index contributed by atoms with van der Waals surface area (Å²) < 4.78 is 5.38. The molecule has 0 saturated carbocycles. The van der Waals surface area contributed by atoms with Crippen molar-refractivity contribution >= 4 is 11.7 Å². The summed E-state index contributed by atoms with van der Waals surface area (Å²) >= 11 is 0. The van der Waals surface area contributed by atoms with Gasteiger partial charge in [-0.3, -0.25) is 4.79 Å². The molecule has 1 amide bonds. The Balaban J connectivity index is 1.90. The first-order valence-electron chi connectivity index (χ1n) is 7.03. The summed E-state index contributed by atoms with van der Waals surface area (Å²) in [5.41, 5.74) is 7.92. The fourth-order valence-corrected chi connectivity index (χ4v) is 2.41. The highest BCUT2D eigenvalue weighted by atomic mass is 16.5. The van der Waals surface area contributed by atoms with Crippen LogP contribution in [-0.4, -0.2) is 47.7 Å². The Kier molecular flexibility index (Phi) is 5.16. The van der Waals surface area contributed by atoms with E-state index in [4.69, 9.17) is 15.7 Å². The second kappa shape index (κ2) is 7.08. The maximum Gasteiger partial charge on any atom is 0.223 e. The van der Waals surface area contributed by atoms with E-state index in [0.29, 0.717) is 26.1 Å². The van der Waals surface area contributed by atoms with Crippen molar-refractivity contribution in [1.29, 1.82) is 0 Å². The molecule has 6 heteroatoms. The number of nitrogens with two attached hydrogens (primary N) is 1. The summed E-state index contributed by atoms with van der Waals surface area (Å²) in [6, 6.07) is 8.06. The first kappa shape index (κ1) is 15.3. The van der Waals surface area contributed by atoms with E-state index in [9.17, 15) is 4.79 Å². The Labute approximate surface area is 124 Å². The predicted octanol–water partition coefficient (Wildman–Crippen LogP) is 0.901. The van der Waals surface area contributed by atoms with Crippen LogP contribution in [0, 0.1) is 6.92 Å². The maximum absolute atomic E-state index is 12.3. The molecule has 1 aromatic rings. The number of carbonyl (C=O) groups is 1. The number of hydrogen-bond donors (Lipinski definition) is 2. The lowest BCUT2D eigenvalue weighted by atomic mass is 10.0. The minimum Gasteiger partial charge on any atom is -0.409 e. The number of ether oxygens (including phenoxy) is 1. The Morgan fingerprint density at radius 2 is 2.29 bits per heavy atom. The third-order valence-corrected chi connectivity index (χ3v) is 3.73. The van der Waals surface area contributed by atoms with E-state index in [-0.39, 0.29) is 11.7 Å². The van der Waals surface area contributed by atoms with Crippen LogP contribution in [0.4, 0.5) is 0 Å². The second-order valence-electron chi connectivity index (χ2n) is 5.15. The summed E-state index contributed by atoms with van der Waals surface area (Å²) in [4.78, 5) is 14.0. The van der Waals surface area contributed by atoms with E-state index in [2.05, 4.69) is 5.16 Å². The van der Waals surface area contributed by atoms with Gasteiger partial charge in [0.05, 0.1) is 13.2 Å². The van der Waals surface area contributed by atoms with Gasteiger partial charge in [-0.05, 0) is 24.5 Å². The van der Waals surface area contributed by atoms with Gasteiger partial charge in [0.1, 0.15) is 6.10 Å². The zero-order valence-corrected chi connectivity index (χ0v) is 12.2. The normalized spacial score (nSPS) is 19.6. The zero-order valence-electron chi connectivity index (χ0n) is 12.2. The molecule has 1 aliphatic heterocycles. The van der Waals surface area contributed by atoms with Crippen LogP contribution >= 0.6 is 0 Å². The number of amides is 1. The molecule has 1 aliphatic rings. The molecule has 0 aromatic heterocycles. The smallest absolute Gasteiger partial charge is 0.223 e. The number of carbonyl (C=O) groups excluding carboxylic acids is 1. The highest BCUT2D eigenvalue weighted by Gasteiger charge is 2.26. The standard InChI is InChI=1S/C15H21N3O3/c1-11-4-2-3-5-12(11)6-7-14(19)18-8-9-21-13(10-18)15(16)17-20/h2-5,13,20H,6-10H2,1H3,(H2,16,17). The van der Waals surface area contributed by atoms with Crippen LogP contribution < -0.4 is 5.73 Å². The topological polar surface area (TPSA) is 88.2 Å². The van der Waals surface area contributed by atoms with E-state index in [1.165, 1.54) is 11.1 Å². The van der Waals surface area contributed by atoms with Gasteiger partial charge in [0.15, 0.2) is 5.84 Å². The largest absolute Gasteiger partial charge is 0.409 e. The molecule has 3 N–H and O–H groups in total. The Morgan fingerprint density at radius 1 is 1.52 bits per heavy atom. The number of morpholine rings is 1. The number of hydrogen-bond acceptors (Lipinski definition) is 4. The van der Waals surface area contributed by atoms with E-state index in [1.807, 2.05) is 31.2 Å². The molecular weight excluding hydrogens is 270 g/mol. The van der Waals surface area contributed by atoms with Crippen LogP contribution in [-0.2, 0) is 16.0 Å². The molecule has 1 fully saturated rings. The quantitative estimate of drug-likeness (QED) is 0.373. The molecule has 1 aromatic carbocycles. The second-order valence-corrected chi connectivity index (χ2v) is 5.15. The van der Waals surface area contributed by atoms with Crippen molar-refractivity contribution in [2.45, 2.75) is 25.9 Å². The summed E-state index contributed by atoms with van der Waals surface area (Å²) in [6.45, 7) is 3.32. The van der Waals surface area contributed by atoms with Gasteiger partial charge in [-0.25, -0.2) is 0 Å². The van der Waals surface area contributed by atoms with Gasteiger partial charge in [0.25, 0.3) is 0 Å². The van der Waals surface area contributed by atoms with Gasteiger partial charge in [-0.2, -0.15) is 0 Å². The fourth-order valence-electron chi connectivity index (χ4n) is 2.41. The number of amidine groups is 1. The third kappa shape index (κ3) is 3.95. The number of rotatable bonds is 4. The van der Waals surface area contributed by atoms with Crippen LogP contribution in [0.15, 0.2) is 29.4 Å². The molecule has 1 atom stereocenters. The van der Waals surface area contributed by atoms with Gasteiger partial charge < -0.3 is 20.6 Å². The van der Waals surface area contributed by atoms with Crippen molar-refractivity contribution in [3.63, 3.8) is 0 Å². The highest BCUT2D eigenvalue weighted by molar-refractivity contribution is 5.85. The van der Waals surface area contributed by atoms with Crippen LogP contribution in [0.1, 0.15) is 17.5 Å². The molecular formula is C15H21N3O3. The van der Waals surface area contributed by atoms with E-state index in [0.717, 1.165) is 6.42 Å². The van der Waals surface area contributed by atoms with E-state index in [1.54, 1.807) is 4.90 Å². The molecule has 1 unspecified atom stereocenters. The Morgan fingerprint density at radius 3 is 3.00 bits per heavy atom. The van der Waals surface area contributed by atoms with Crippen LogP contribution in [0.2, 0.25) is 0 Å². The molecule has 0 bridgehead atoms. The lowest BCUT2D eigenvalue weighted by Gasteiger charge is -2.32. The number of benzene rings is 1. The molecule has 1 saturated heterocycles. The first-order chi connectivity index (χ1) is 10.1. The average molecular weight is 291 g/mol. The summed E-state index contributed by atoms with van der Waals surface area (Å²) in [6.07, 6.45) is 0.649. The molecule has 21 heavy (non-hydrogen) atoms. The van der Waals surface area contributed by atoms with Crippen LogP contribution in [0.25, 0.3) is 0 Å². The van der Waals surface area contributed by atoms with E-state index < -0.39 is 6.10 Å². The fraction of sp³-hybridized carbons (Fsp3) is 0.467. The molecule has 114 valence electrons. The van der Waals surface area contributed by atoms with Gasteiger partial charge in [0, 0.05) is 13.0 Å². The first-order valence-corrected chi connectivity index (χ1v) is 7.03. The van der Waals surface area contributed by atoms with Crippen molar-refractivity contribution in [3.8, 4) is 0 Å². The average Bonchev–Trinajstić information content (AvgIpc) is 2.53. The van der Waals surface area contributed by atoms with Crippen molar-refractivity contribution in [1.82, 2.24) is 4.90 Å². The lowest BCUT2D eigenvalue weighted by molar-refractivity contribution is -0.136. The molecule has 2 rings (SSSR count). The maximum atomic E-state index is 12.3. The van der Waals surface area contributed by atoms with Crippen molar-refractivity contribution in [2.24, 2.45) is 10.9 Å². The van der Waals surface area contributed by atoms with Crippen molar-refractivity contribution < 1.29 is 14.7 Å². The molecule has 0 radical (unpaired) electrons.